The van der Waals surface area contributed by atoms with Gasteiger partial charge in [0.1, 0.15) is 0 Å². The van der Waals surface area contributed by atoms with Gasteiger partial charge in [-0.15, -0.1) is 0 Å². The Bertz CT molecular complexity index is 900. The molecule has 4 nitrogen and oxygen atoms in total. The van der Waals surface area contributed by atoms with Crippen LogP contribution >= 0.6 is 0 Å². The smallest absolute Gasteiger partial charge is 0.336 e. The fourth-order valence-electron chi connectivity index (χ4n) is 4.56. The summed E-state index contributed by atoms with van der Waals surface area (Å²) in [5, 5.41) is 9.51. The Labute approximate surface area is 147 Å². The Kier molecular flexibility index (Phi) is 3.29. The molecule has 2 aromatic rings. The van der Waals surface area contributed by atoms with Crippen molar-refractivity contribution in [2.45, 2.75) is 44.7 Å². The lowest BCUT2D eigenvalue weighted by molar-refractivity contribution is 0.0615. The number of hydrogen-bond acceptors (Lipinski definition) is 2. The molecule has 25 heavy (non-hydrogen) atoms. The van der Waals surface area contributed by atoms with E-state index in [9.17, 15) is 14.7 Å². The lowest BCUT2D eigenvalue weighted by Crippen LogP contribution is -2.31. The summed E-state index contributed by atoms with van der Waals surface area (Å²) in [5.41, 5.74) is 3.62. The van der Waals surface area contributed by atoms with Crippen molar-refractivity contribution >= 4 is 11.9 Å². The zero-order valence-electron chi connectivity index (χ0n) is 14.6. The van der Waals surface area contributed by atoms with Crippen LogP contribution in [0.25, 0.3) is 0 Å². The van der Waals surface area contributed by atoms with E-state index in [1.807, 2.05) is 30.0 Å². The van der Waals surface area contributed by atoms with E-state index in [2.05, 4.69) is 26.0 Å². The first kappa shape index (κ1) is 15.9. The van der Waals surface area contributed by atoms with Crippen LogP contribution in [0.15, 0.2) is 42.5 Å². The first-order valence-corrected chi connectivity index (χ1v) is 8.61. The van der Waals surface area contributed by atoms with Crippen molar-refractivity contribution in [3.63, 3.8) is 0 Å². The highest BCUT2D eigenvalue weighted by Crippen LogP contribution is 2.51. The first-order chi connectivity index (χ1) is 11.8. The largest absolute Gasteiger partial charge is 0.478 e. The van der Waals surface area contributed by atoms with E-state index in [4.69, 9.17) is 0 Å². The molecule has 0 spiro atoms. The maximum Gasteiger partial charge on any atom is 0.336 e. The van der Waals surface area contributed by atoms with Crippen LogP contribution in [-0.4, -0.2) is 21.9 Å². The molecule has 0 aliphatic carbocycles. The number of carboxylic acids is 1. The van der Waals surface area contributed by atoms with E-state index in [0.29, 0.717) is 5.56 Å². The van der Waals surface area contributed by atoms with Gasteiger partial charge in [-0.2, -0.15) is 0 Å². The third-order valence-electron chi connectivity index (χ3n) is 5.73. The molecule has 0 radical (unpaired) electrons. The van der Waals surface area contributed by atoms with Gasteiger partial charge >= 0.3 is 5.97 Å². The van der Waals surface area contributed by atoms with Crippen molar-refractivity contribution < 1.29 is 14.7 Å². The van der Waals surface area contributed by atoms with E-state index < -0.39 is 5.97 Å². The number of benzene rings is 2. The Morgan fingerprint density at radius 1 is 1.12 bits per heavy atom. The molecule has 1 N–H and O–H groups in total. The van der Waals surface area contributed by atoms with Crippen LogP contribution in [0.5, 0.6) is 0 Å². The van der Waals surface area contributed by atoms with E-state index in [1.165, 1.54) is 11.6 Å². The summed E-state index contributed by atoms with van der Waals surface area (Å²) in [6, 6.07) is 13.3. The average molecular weight is 335 g/mol. The third-order valence-corrected chi connectivity index (χ3v) is 5.73. The highest BCUT2D eigenvalue weighted by molar-refractivity contribution is 6.08. The minimum atomic E-state index is -1.05. The van der Waals surface area contributed by atoms with Gasteiger partial charge in [-0.25, -0.2) is 4.79 Å². The summed E-state index contributed by atoms with van der Waals surface area (Å²) in [5.74, 6) is -1.21. The van der Waals surface area contributed by atoms with Gasteiger partial charge in [-0.3, -0.25) is 4.79 Å². The molecule has 2 heterocycles. The van der Waals surface area contributed by atoms with Crippen LogP contribution < -0.4 is 0 Å². The first-order valence-electron chi connectivity index (χ1n) is 8.61. The number of aromatic carboxylic acids is 1. The molecule has 0 saturated carbocycles. The number of carboxylic acid groups (broad SMARTS) is 1. The molecule has 0 bridgehead atoms. The SMILES string of the molecule is C[C@H]1c2ccccc2C(C)(C)C[C@H]2c3cccc(C(=O)O)c3C(=O)N12. The summed E-state index contributed by atoms with van der Waals surface area (Å²) >= 11 is 0. The molecular formula is C21H21NO3. The minimum absolute atomic E-state index is 0.0930. The molecule has 1 amide bonds. The summed E-state index contributed by atoms with van der Waals surface area (Å²) in [7, 11) is 0. The van der Waals surface area contributed by atoms with Gasteiger partial charge < -0.3 is 10.0 Å². The molecule has 2 aromatic carbocycles. The van der Waals surface area contributed by atoms with Gasteiger partial charge in [0.25, 0.3) is 5.91 Å². The lowest BCUT2D eigenvalue weighted by atomic mass is 9.76. The lowest BCUT2D eigenvalue weighted by Gasteiger charge is -2.31. The van der Waals surface area contributed by atoms with Crippen molar-refractivity contribution in [1.82, 2.24) is 4.90 Å². The predicted octanol–water partition coefficient (Wildman–Crippen LogP) is 4.32. The third kappa shape index (κ3) is 2.13. The highest BCUT2D eigenvalue weighted by atomic mass is 16.4. The fourth-order valence-corrected chi connectivity index (χ4v) is 4.56. The molecule has 0 saturated heterocycles. The maximum atomic E-state index is 13.2. The van der Waals surface area contributed by atoms with Crippen LogP contribution in [0.4, 0.5) is 0 Å². The fraction of sp³-hybridized carbons (Fsp3) is 0.333. The minimum Gasteiger partial charge on any atom is -0.478 e. The van der Waals surface area contributed by atoms with Gasteiger partial charge in [-0.1, -0.05) is 50.2 Å². The number of nitrogens with zero attached hydrogens (tertiary/aromatic N) is 1. The second kappa shape index (κ2) is 5.19. The number of carbonyl (C=O) groups excluding carboxylic acids is 1. The molecule has 4 heteroatoms. The molecular weight excluding hydrogens is 314 g/mol. The number of rotatable bonds is 1. The topological polar surface area (TPSA) is 57.6 Å². The molecule has 0 unspecified atom stereocenters. The van der Waals surface area contributed by atoms with Crippen molar-refractivity contribution in [2.24, 2.45) is 0 Å². The Morgan fingerprint density at radius 2 is 1.80 bits per heavy atom. The zero-order chi connectivity index (χ0) is 17.9. The average Bonchev–Trinajstić information content (AvgIpc) is 2.81. The maximum absolute atomic E-state index is 13.2. The number of hydrogen-bond donors (Lipinski definition) is 1. The summed E-state index contributed by atoms with van der Waals surface area (Å²) in [4.78, 5) is 26.7. The van der Waals surface area contributed by atoms with Crippen LogP contribution in [0.3, 0.4) is 0 Å². The highest BCUT2D eigenvalue weighted by Gasteiger charge is 2.47. The summed E-state index contributed by atoms with van der Waals surface area (Å²) < 4.78 is 0. The number of amides is 1. The molecule has 2 aliphatic rings. The second-order valence-electron chi connectivity index (χ2n) is 7.65. The predicted molar refractivity (Wildman–Crippen MR) is 94.8 cm³/mol. The van der Waals surface area contributed by atoms with Crippen LogP contribution in [0, 0.1) is 0 Å². The van der Waals surface area contributed by atoms with Gasteiger partial charge in [-0.05, 0) is 41.5 Å². The van der Waals surface area contributed by atoms with Gasteiger partial charge in [0, 0.05) is 0 Å². The summed E-state index contributed by atoms with van der Waals surface area (Å²) in [6.45, 7) is 6.44. The van der Waals surface area contributed by atoms with E-state index in [-0.39, 0.29) is 29.0 Å². The zero-order valence-corrected chi connectivity index (χ0v) is 14.6. The van der Waals surface area contributed by atoms with Crippen LogP contribution in [0.2, 0.25) is 0 Å². The Morgan fingerprint density at radius 3 is 2.52 bits per heavy atom. The van der Waals surface area contributed by atoms with Crippen molar-refractivity contribution in [2.75, 3.05) is 0 Å². The molecule has 0 aromatic heterocycles. The Balaban J connectivity index is 1.94. The molecule has 2 aliphatic heterocycles. The number of fused-ring (bicyclic) bond motifs is 4. The van der Waals surface area contributed by atoms with Gasteiger partial charge in [0.2, 0.25) is 0 Å². The van der Waals surface area contributed by atoms with Crippen LogP contribution in [-0.2, 0) is 5.41 Å². The van der Waals surface area contributed by atoms with Gasteiger partial charge in [0.05, 0.1) is 23.2 Å². The quantitative estimate of drug-likeness (QED) is 0.844. The van der Waals surface area contributed by atoms with Crippen LogP contribution in [0.1, 0.15) is 76.7 Å². The molecule has 4 rings (SSSR count). The van der Waals surface area contributed by atoms with Gasteiger partial charge in [0.15, 0.2) is 0 Å². The van der Waals surface area contributed by atoms with Crippen molar-refractivity contribution in [3.8, 4) is 0 Å². The number of carbonyl (C=O) groups is 2. The normalized spacial score (nSPS) is 23.5. The molecule has 128 valence electrons. The molecule has 0 fully saturated rings. The van der Waals surface area contributed by atoms with Crippen molar-refractivity contribution in [3.05, 3.63) is 70.3 Å². The Hall–Kier alpha value is -2.62. The van der Waals surface area contributed by atoms with Crippen molar-refractivity contribution in [1.29, 1.82) is 0 Å². The standard InChI is InChI=1S/C21H21NO3/c1-12-13-7-4-5-10-16(13)21(2,3)11-17-14-8-6-9-15(20(24)25)18(14)19(23)22(12)17/h4-10,12,17H,11H2,1-3H3,(H,24,25)/t12-,17-/m0/s1. The van der Waals surface area contributed by atoms with E-state index in [0.717, 1.165) is 17.5 Å². The van der Waals surface area contributed by atoms with E-state index in [1.54, 1.807) is 6.07 Å². The van der Waals surface area contributed by atoms with E-state index >= 15 is 0 Å². The molecule has 2 atom stereocenters. The summed E-state index contributed by atoms with van der Waals surface area (Å²) in [6.07, 6.45) is 0.774. The second-order valence-corrected chi connectivity index (χ2v) is 7.65. The monoisotopic (exact) mass is 335 g/mol.